The molecule has 0 heterocycles. The number of hydrogen-bond donors (Lipinski definition) is 0. The van der Waals surface area contributed by atoms with Crippen molar-refractivity contribution in [2.75, 3.05) is 42.7 Å². The van der Waals surface area contributed by atoms with Crippen molar-refractivity contribution in [2.24, 2.45) is 0 Å². The molecule has 0 aliphatic rings. The Morgan fingerprint density at radius 1 is 0.278 bits per heavy atom. The summed E-state index contributed by atoms with van der Waals surface area (Å²) in [5.41, 5.74) is 0. The van der Waals surface area contributed by atoms with Crippen LogP contribution in [0.4, 0.5) is 0 Å². The number of ether oxygens (including phenoxy) is 6. The normalized spacial score (nSPS) is 10.5. The van der Waals surface area contributed by atoms with Gasteiger partial charge in [-0.25, -0.2) is 0 Å². The van der Waals surface area contributed by atoms with Gasteiger partial charge in [0.1, 0.15) is 34.5 Å². The zero-order valence-corrected chi connectivity index (χ0v) is 21.4. The molecule has 0 aromatic heterocycles. The Morgan fingerprint density at radius 2 is 0.417 bits per heavy atom. The minimum atomic E-state index is 0.707. The van der Waals surface area contributed by atoms with E-state index in [0.29, 0.717) is 34.5 Å². The molecule has 6 nitrogen and oxygen atoms in total. The molecule has 0 spiro atoms. The fourth-order valence-electron chi connectivity index (χ4n) is 4.15. The van der Waals surface area contributed by atoms with Gasteiger partial charge in [0.15, 0.2) is 0 Å². The van der Waals surface area contributed by atoms with Crippen LogP contribution in [0, 0.1) is 0 Å². The van der Waals surface area contributed by atoms with Crippen LogP contribution in [0.15, 0.2) is 72.8 Å². The van der Waals surface area contributed by atoms with Gasteiger partial charge in [0.05, 0.1) is 42.7 Å². The summed E-state index contributed by atoms with van der Waals surface area (Å²) < 4.78 is 34.2. The van der Waals surface area contributed by atoms with Crippen LogP contribution >= 0.6 is 0 Å². The van der Waals surface area contributed by atoms with Gasteiger partial charge in [-0.3, -0.25) is 0 Å². The number of rotatable bonds is 6. The first-order valence-electron chi connectivity index (χ1n) is 11.4. The molecule has 0 aliphatic heterocycles. The van der Waals surface area contributed by atoms with Gasteiger partial charge < -0.3 is 28.4 Å². The van der Waals surface area contributed by atoms with Crippen molar-refractivity contribution < 1.29 is 28.4 Å². The Hall–Kier alpha value is -4.32. The van der Waals surface area contributed by atoms with Gasteiger partial charge in [-0.15, -0.1) is 0 Å². The number of methoxy groups -OCH3 is 6. The Kier molecular flexibility index (Phi) is 7.54. The highest BCUT2D eigenvalue weighted by Gasteiger charge is 2.07. The topological polar surface area (TPSA) is 55.4 Å². The summed E-state index contributed by atoms with van der Waals surface area (Å²) in [6, 6.07) is 23.5. The first kappa shape index (κ1) is 24.8. The molecule has 9 aromatic carbocycles. The second-order valence-electron chi connectivity index (χ2n) is 8.01. The number of hydrogen-bond acceptors (Lipinski definition) is 6. The summed E-state index contributed by atoms with van der Waals surface area (Å²) in [6.07, 6.45) is 0. The van der Waals surface area contributed by atoms with E-state index < -0.39 is 0 Å². The van der Waals surface area contributed by atoms with E-state index in [0.717, 1.165) is 32.3 Å². The molecule has 0 saturated heterocycles. The third-order valence-electron chi connectivity index (χ3n) is 6.07. The Balaban J connectivity index is 2.25. The zero-order chi connectivity index (χ0) is 25.7. The summed E-state index contributed by atoms with van der Waals surface area (Å²) in [5, 5.41) is 5.17. The van der Waals surface area contributed by atoms with Crippen molar-refractivity contribution in [3.05, 3.63) is 72.8 Å². The highest BCUT2D eigenvalue weighted by atomic mass is 16.5. The molecule has 0 amide bonds. The molecule has 0 saturated carbocycles. The zero-order valence-electron chi connectivity index (χ0n) is 21.4. The highest BCUT2D eigenvalue weighted by molar-refractivity contribution is 5.84. The molecule has 0 aliphatic carbocycles. The minimum Gasteiger partial charge on any atom is -0.496 e. The molecule has 186 valence electrons. The predicted molar refractivity (Wildman–Crippen MR) is 145 cm³/mol. The van der Waals surface area contributed by atoms with Gasteiger partial charge in [0, 0.05) is 32.3 Å². The average molecular weight is 487 g/mol. The molecule has 6 bridgehead atoms. The molecule has 9 rings (SSSR count). The van der Waals surface area contributed by atoms with Crippen molar-refractivity contribution in [3.8, 4) is 34.5 Å². The molecule has 0 radical (unpaired) electrons. The molecule has 0 fully saturated rings. The summed E-state index contributed by atoms with van der Waals surface area (Å²) in [4.78, 5) is 0. The van der Waals surface area contributed by atoms with Crippen molar-refractivity contribution in [3.63, 3.8) is 0 Å². The molecule has 0 unspecified atom stereocenters. The lowest BCUT2D eigenvalue weighted by molar-refractivity contribution is 0.410. The van der Waals surface area contributed by atoms with Gasteiger partial charge in [-0.1, -0.05) is 36.4 Å². The van der Waals surface area contributed by atoms with Gasteiger partial charge in [0.25, 0.3) is 0 Å². The van der Waals surface area contributed by atoms with E-state index >= 15 is 0 Å². The van der Waals surface area contributed by atoms with Crippen molar-refractivity contribution in [1.29, 1.82) is 0 Å². The van der Waals surface area contributed by atoms with Crippen molar-refractivity contribution >= 4 is 32.3 Å². The van der Waals surface area contributed by atoms with E-state index in [1.807, 2.05) is 72.8 Å². The second-order valence-corrected chi connectivity index (χ2v) is 8.01. The first-order valence-corrected chi connectivity index (χ1v) is 11.4. The van der Waals surface area contributed by atoms with Gasteiger partial charge in [0.2, 0.25) is 0 Å². The van der Waals surface area contributed by atoms with Crippen molar-refractivity contribution in [2.45, 2.75) is 0 Å². The SMILES string of the molecule is COc1cc2ccc3cc(OC)c(ccc4cc(OC)c(ccc1cc2OC)cc4OC)cc3OC. The quantitative estimate of drug-likeness (QED) is 0.296. The second kappa shape index (κ2) is 11.0. The standard InChI is InChI=1S/C30H30O6/c1-31-25-13-20-9-10-22-16-30(36-6)24(18-29(22)35-5)12-11-23-17-27(33-3)21(15-28(23)34-4)8-7-19(25)14-26(20)32-2/h7-18H,1-6H3. The van der Waals surface area contributed by atoms with E-state index in [-0.39, 0.29) is 0 Å². The summed E-state index contributed by atoms with van der Waals surface area (Å²) in [5.74, 6) is 4.24. The predicted octanol–water partition coefficient (Wildman–Crippen LogP) is 6.88. The third-order valence-corrected chi connectivity index (χ3v) is 6.07. The Bertz CT molecular complexity index is 1210. The van der Waals surface area contributed by atoms with Crippen LogP contribution in [-0.4, -0.2) is 42.7 Å². The van der Waals surface area contributed by atoms with Crippen LogP contribution in [0.25, 0.3) is 32.3 Å². The van der Waals surface area contributed by atoms with Crippen LogP contribution in [-0.2, 0) is 0 Å². The van der Waals surface area contributed by atoms with Gasteiger partial charge in [-0.2, -0.15) is 0 Å². The van der Waals surface area contributed by atoms with E-state index in [1.54, 1.807) is 42.7 Å². The van der Waals surface area contributed by atoms with Crippen LogP contribution in [0.1, 0.15) is 0 Å². The van der Waals surface area contributed by atoms with E-state index in [2.05, 4.69) is 0 Å². The fraction of sp³-hybridized carbons (Fsp3) is 0.200. The number of benzene rings is 3. The molecular formula is C30H30O6. The maximum atomic E-state index is 5.70. The third kappa shape index (κ3) is 4.89. The van der Waals surface area contributed by atoms with Crippen molar-refractivity contribution in [1.82, 2.24) is 0 Å². The summed E-state index contributed by atoms with van der Waals surface area (Å²) >= 11 is 0. The summed E-state index contributed by atoms with van der Waals surface area (Å²) in [6.45, 7) is 0. The van der Waals surface area contributed by atoms with Gasteiger partial charge in [-0.05, 0) is 36.4 Å². The molecule has 9 aromatic rings. The molecule has 6 heteroatoms. The van der Waals surface area contributed by atoms with E-state index in [4.69, 9.17) is 28.4 Å². The lowest BCUT2D eigenvalue weighted by atomic mass is 10.1. The lowest BCUT2D eigenvalue weighted by Gasteiger charge is -2.10. The van der Waals surface area contributed by atoms with Crippen LogP contribution in [0.3, 0.4) is 0 Å². The summed E-state index contributed by atoms with van der Waals surface area (Å²) in [7, 11) is 9.89. The smallest absolute Gasteiger partial charge is 0.126 e. The van der Waals surface area contributed by atoms with Crippen LogP contribution in [0.5, 0.6) is 34.5 Å². The maximum Gasteiger partial charge on any atom is 0.126 e. The largest absolute Gasteiger partial charge is 0.496 e. The van der Waals surface area contributed by atoms with Gasteiger partial charge >= 0.3 is 0 Å². The first-order chi connectivity index (χ1) is 17.5. The minimum absolute atomic E-state index is 0.707. The maximum absolute atomic E-state index is 5.70. The average Bonchev–Trinajstić information content (AvgIpc) is 2.92. The Labute approximate surface area is 210 Å². The Morgan fingerprint density at radius 3 is 0.528 bits per heavy atom. The van der Waals surface area contributed by atoms with E-state index in [9.17, 15) is 0 Å². The highest BCUT2D eigenvalue weighted by Crippen LogP contribution is 2.35. The lowest BCUT2D eigenvalue weighted by Crippen LogP contribution is -1.89. The molecule has 36 heavy (non-hydrogen) atoms. The van der Waals surface area contributed by atoms with Crippen LogP contribution < -0.4 is 28.4 Å². The molecule has 0 N–H and O–H groups in total. The fourth-order valence-corrected chi connectivity index (χ4v) is 4.15. The van der Waals surface area contributed by atoms with Crippen LogP contribution in [0.2, 0.25) is 0 Å². The monoisotopic (exact) mass is 486 g/mol. The molecule has 0 atom stereocenters. The van der Waals surface area contributed by atoms with E-state index in [1.165, 1.54) is 0 Å². The molecular weight excluding hydrogens is 456 g/mol.